The first-order valence-corrected chi connectivity index (χ1v) is 41.9. The summed E-state index contributed by atoms with van der Waals surface area (Å²) in [4.78, 5) is 0. The molecule has 8 heterocycles. The van der Waals surface area contributed by atoms with E-state index in [4.69, 9.17) is 18.9 Å². The number of ether oxygens (including phenoxy) is 4. The fourth-order valence-electron chi connectivity index (χ4n) is 14.2. The molecule has 9 radical (unpaired) electrons. The maximum absolute atomic E-state index is 14.6. The van der Waals surface area contributed by atoms with Crippen molar-refractivity contribution < 1.29 is 70.2 Å². The van der Waals surface area contributed by atoms with Crippen LogP contribution in [0.2, 0.25) is 0 Å². The zero-order chi connectivity index (χ0) is 78.4. The molecule has 4 aromatic rings. The summed E-state index contributed by atoms with van der Waals surface area (Å²) in [5, 5.41) is 9.72. The molecule has 12 rings (SSSR count). The van der Waals surface area contributed by atoms with Crippen molar-refractivity contribution in [2.24, 2.45) is 0 Å². The number of terminal acetylenes is 1. The van der Waals surface area contributed by atoms with Gasteiger partial charge < -0.3 is 40.2 Å². The summed E-state index contributed by atoms with van der Waals surface area (Å²) < 4.78 is 186. The van der Waals surface area contributed by atoms with Gasteiger partial charge in [-0.15, -0.1) is 12.8 Å². The molecule has 6 unspecified atom stereocenters. The highest BCUT2D eigenvalue weighted by Crippen LogP contribution is 2.53. The Hall–Kier alpha value is -3.80. The molecule has 4 aromatic carbocycles. The molecule has 33 heteroatoms. The molecule has 8 aliphatic rings. The SMILES string of the molecule is C.C#C.C=C1NC2(c3cc(Br)ccc3F)COC(C)CC2S(=O)(=O)C1(C)C.C=C1NC2(c3cc(Br)ccc3F)COC(C)CC2S(=O)(=O)C1(C)C.C=C1N[C@@]2(c3cc(Br)ccc3F)CO[C@@H](C)C[C@H]2S(=O)(=O)C1(C)C.C=C1N[C@@]2(c3cc(Br)ccc3F)CO[C@H](C)C[C@H]2S(=O)(=O)C1(C)C.[B][B].[B][B][B]. The Bertz CT molecular complexity index is 3880. The topological polar surface area (TPSA) is 222 Å². The molecular weight excluding hydrogens is 1680 g/mol. The van der Waals surface area contributed by atoms with Crippen LogP contribution in [0.3, 0.4) is 0 Å². The van der Waals surface area contributed by atoms with Gasteiger partial charge in [-0.05, 0) is 182 Å². The van der Waals surface area contributed by atoms with E-state index in [1.165, 1.54) is 24.3 Å². The Morgan fingerprint density at radius 3 is 0.712 bits per heavy atom. The van der Waals surface area contributed by atoms with E-state index >= 15 is 0 Å². The minimum absolute atomic E-state index is 0. The first-order valence-electron chi connectivity index (χ1n) is 32.5. The molecule has 16 nitrogen and oxygen atoms in total. The number of nitrogens with one attached hydrogen (secondary N) is 4. The maximum atomic E-state index is 14.6. The standard InChI is InChI=1S/4C17H21BrFNO3S.C2H2.CH4.B3.B2/c4*1-10-7-15-17(9-23-10,13-8-12(18)5-6-14(13)19)20-11(2)16(3,4)24(15,21)22;1-2;;1-3-2;1-2/h4*5-6,8,10,15,20H,2,7,9H2,1,3-4H3;1-2H;1H4;;/t10-,15+,17+;10-,15-,17-;;;;;;/m01....../s1. The minimum atomic E-state index is -3.60. The lowest BCUT2D eigenvalue weighted by atomic mass is 9.40. The highest BCUT2D eigenvalue weighted by molar-refractivity contribution is 9.11. The van der Waals surface area contributed by atoms with Gasteiger partial charge in [0, 0.05) is 101 Å². The molecule has 4 N–H and O–H groups in total. The third kappa shape index (κ3) is 16.1. The number of fused-ring (bicyclic) bond motifs is 4. The van der Waals surface area contributed by atoms with Crippen LogP contribution in [0, 0.1) is 36.1 Å². The van der Waals surface area contributed by atoms with Gasteiger partial charge in [-0.2, -0.15) is 0 Å². The third-order valence-corrected chi connectivity index (χ3v) is 35.2. The Kier molecular flexibility index (Phi) is 29.2. The van der Waals surface area contributed by atoms with Crippen molar-refractivity contribution in [3.63, 3.8) is 0 Å². The molecule has 0 bridgehead atoms. The second-order valence-corrected chi connectivity index (χ2v) is 43.0. The molecule has 8 aliphatic heterocycles. The van der Waals surface area contributed by atoms with Crippen LogP contribution >= 0.6 is 63.7 Å². The lowest BCUT2D eigenvalue weighted by molar-refractivity contribution is -0.0314. The van der Waals surface area contributed by atoms with Crippen LogP contribution < -0.4 is 21.3 Å². The smallest absolute Gasteiger partial charge is 0.166 e. The lowest BCUT2D eigenvalue weighted by Gasteiger charge is -2.54. The van der Waals surface area contributed by atoms with Crippen molar-refractivity contribution in [1.82, 2.24) is 21.3 Å². The van der Waals surface area contributed by atoms with Crippen molar-refractivity contribution in [2.75, 3.05) is 26.4 Å². The van der Waals surface area contributed by atoms with Crippen molar-refractivity contribution in [3.05, 3.63) is 185 Å². The summed E-state index contributed by atoms with van der Waals surface area (Å²) in [7, 11) is 3.58. The van der Waals surface area contributed by atoms with Gasteiger partial charge in [0.15, 0.2) is 39.3 Å². The van der Waals surface area contributed by atoms with Gasteiger partial charge in [0.2, 0.25) is 0 Å². The van der Waals surface area contributed by atoms with Crippen LogP contribution in [-0.4, -0.2) is 163 Å². The van der Waals surface area contributed by atoms with E-state index in [-0.39, 0.29) is 80.5 Å². The van der Waals surface area contributed by atoms with E-state index in [1.54, 1.807) is 104 Å². The van der Waals surface area contributed by atoms with Gasteiger partial charge in [-0.1, -0.05) is 97.5 Å². The second-order valence-electron chi connectivity index (χ2n) is 28.6. The number of hydrogen-bond acceptors (Lipinski definition) is 16. The van der Waals surface area contributed by atoms with Gasteiger partial charge in [-0.25, -0.2) is 51.2 Å². The van der Waals surface area contributed by atoms with E-state index in [0.29, 0.717) is 66.4 Å². The Morgan fingerprint density at radius 1 is 0.404 bits per heavy atom. The molecule has 561 valence electrons. The predicted molar refractivity (Wildman–Crippen MR) is 425 cm³/mol. The number of sulfone groups is 4. The monoisotopic (exact) mass is 1770 g/mol. The molecule has 8 fully saturated rings. The molecule has 0 spiro atoms. The van der Waals surface area contributed by atoms with Crippen molar-refractivity contribution in [2.45, 2.75) is 203 Å². The fourth-order valence-corrected chi connectivity index (χ4v) is 25.3. The zero-order valence-electron chi connectivity index (χ0n) is 59.6. The quantitative estimate of drug-likeness (QED) is 0.0847. The van der Waals surface area contributed by atoms with E-state index in [2.05, 4.69) is 155 Å². The molecule has 104 heavy (non-hydrogen) atoms. The van der Waals surface area contributed by atoms with E-state index in [0.717, 1.165) is 7.06 Å². The van der Waals surface area contributed by atoms with Crippen LogP contribution in [0.5, 0.6) is 0 Å². The van der Waals surface area contributed by atoms with Crippen molar-refractivity contribution in [1.29, 1.82) is 0 Å². The average molecular weight is 1770 g/mol. The summed E-state index contributed by atoms with van der Waals surface area (Å²) in [6.07, 6.45) is 8.37. The highest BCUT2D eigenvalue weighted by Gasteiger charge is 2.66. The molecule has 0 aliphatic carbocycles. The molecular formula is C71H90B5Br4F4N4O12S4. The van der Waals surface area contributed by atoms with Gasteiger partial charge in [0.05, 0.1) is 71.8 Å². The van der Waals surface area contributed by atoms with Crippen molar-refractivity contribution >= 4 is 141 Å². The first kappa shape index (κ1) is 90.8. The first-order chi connectivity index (χ1) is 47.5. The number of halogens is 8. The van der Waals surface area contributed by atoms with Crippen LogP contribution in [0.4, 0.5) is 17.6 Å². The molecule has 0 saturated carbocycles. The summed E-state index contributed by atoms with van der Waals surface area (Å²) in [5.74, 6) is -1.85. The summed E-state index contributed by atoms with van der Waals surface area (Å²) in [5.41, 5.74) is -2.12. The average Bonchev–Trinajstić information content (AvgIpc) is 0.725. The summed E-state index contributed by atoms with van der Waals surface area (Å²) >= 11 is 13.4. The van der Waals surface area contributed by atoms with Crippen LogP contribution in [0.25, 0.3) is 0 Å². The van der Waals surface area contributed by atoms with Crippen LogP contribution in [0.15, 0.2) is 140 Å². The van der Waals surface area contributed by atoms with Gasteiger partial charge in [0.1, 0.15) is 64.4 Å². The Labute approximate surface area is 654 Å². The highest BCUT2D eigenvalue weighted by atomic mass is 79.9. The lowest BCUT2D eigenvalue weighted by Crippen LogP contribution is -2.69. The normalized spacial score (nSPS) is 31.8. The molecule has 0 aromatic heterocycles. The van der Waals surface area contributed by atoms with E-state index in [9.17, 15) is 51.2 Å². The predicted octanol–water partition coefficient (Wildman–Crippen LogP) is 12.1. The summed E-state index contributed by atoms with van der Waals surface area (Å²) in [6.45, 7) is 36.4. The summed E-state index contributed by atoms with van der Waals surface area (Å²) in [6, 6.07) is 18.2. The largest absolute Gasteiger partial charge is 0.376 e. The van der Waals surface area contributed by atoms with E-state index < -0.39 is 125 Å². The maximum Gasteiger partial charge on any atom is 0.166 e. The third-order valence-electron chi connectivity index (χ3n) is 21.1. The Balaban J connectivity index is 0.000000241. The number of benzene rings is 4. The zero-order valence-corrected chi connectivity index (χ0v) is 69.2. The molecule has 0 amide bonds. The molecule has 12 atom stereocenters. The fraction of sp³-hybridized carbons (Fsp3) is 0.521. The van der Waals surface area contributed by atoms with Crippen molar-refractivity contribution in [3.8, 4) is 12.8 Å². The second kappa shape index (κ2) is 33.4. The van der Waals surface area contributed by atoms with Crippen LogP contribution in [-0.2, 0) is 80.5 Å². The number of hydrogen-bond donors (Lipinski definition) is 4. The minimum Gasteiger partial charge on any atom is -0.376 e. The van der Waals surface area contributed by atoms with Gasteiger partial charge in [-0.3, -0.25) is 0 Å². The van der Waals surface area contributed by atoms with Gasteiger partial charge in [0.25, 0.3) is 0 Å². The Morgan fingerprint density at radius 2 is 0.558 bits per heavy atom. The van der Waals surface area contributed by atoms with Gasteiger partial charge >= 0.3 is 0 Å². The number of rotatable bonds is 4. The van der Waals surface area contributed by atoms with Crippen LogP contribution in [0.1, 0.15) is 138 Å². The van der Waals surface area contributed by atoms with E-state index in [1.807, 2.05) is 27.7 Å². The molecule has 8 saturated heterocycles.